The van der Waals surface area contributed by atoms with E-state index in [0.717, 1.165) is 16.1 Å². The monoisotopic (exact) mass is 581 g/mol. The van der Waals surface area contributed by atoms with Crippen LogP contribution in [0.5, 0.6) is 11.5 Å². The Kier molecular flexibility index (Phi) is 6.89. The number of nitrogens with zero attached hydrogens (tertiary/aromatic N) is 2. The maximum Gasteiger partial charge on any atom is 0.326 e. The molecule has 5 rings (SSSR count). The van der Waals surface area contributed by atoms with Crippen LogP contribution < -0.4 is 18.5 Å². The number of hydrogen-bond acceptors (Lipinski definition) is 7. The number of rotatable bonds is 8. The van der Waals surface area contributed by atoms with Gasteiger partial charge in [-0.1, -0.05) is 36.4 Å². The quantitative estimate of drug-likeness (QED) is 0.434. The minimum Gasteiger partial charge on any atom is -0.490 e. The summed E-state index contributed by atoms with van der Waals surface area (Å²) < 4.78 is 94.8. The van der Waals surface area contributed by atoms with Gasteiger partial charge in [0.2, 0.25) is 10.0 Å². The molecule has 1 unspecified atom stereocenters. The lowest BCUT2D eigenvalue weighted by atomic mass is 10.1. The summed E-state index contributed by atoms with van der Waals surface area (Å²) in [5, 5.41) is 0.308. The Balaban J connectivity index is 1.47. The molecule has 2 saturated heterocycles. The number of sulfonamides is 1. The number of halogens is 2. The summed E-state index contributed by atoms with van der Waals surface area (Å²) in [6, 6.07) is 14.7. The number of alkyl halides is 1. The van der Waals surface area contributed by atoms with E-state index in [9.17, 15) is 21.6 Å². The molecule has 0 bridgehead atoms. The molecule has 0 radical (unpaired) electrons. The number of carbonyl (C=O) groups excluding carboxylic acids is 1. The lowest BCUT2D eigenvalue weighted by molar-refractivity contribution is -0.117. The normalized spacial score (nSPS) is 21.3. The highest BCUT2D eigenvalue weighted by atomic mass is 32.2. The van der Waals surface area contributed by atoms with Crippen molar-refractivity contribution >= 4 is 42.6 Å². The summed E-state index contributed by atoms with van der Waals surface area (Å²) in [7, 11) is -7.91. The smallest absolute Gasteiger partial charge is 0.326 e. The molecule has 2 aliphatic heterocycles. The van der Waals surface area contributed by atoms with E-state index in [1.165, 1.54) is 24.3 Å². The van der Waals surface area contributed by atoms with Gasteiger partial charge in [0, 0.05) is 11.9 Å². The fourth-order valence-electron chi connectivity index (χ4n) is 4.52. The van der Waals surface area contributed by atoms with E-state index in [2.05, 4.69) is 0 Å². The van der Waals surface area contributed by atoms with Crippen molar-refractivity contribution in [3.63, 3.8) is 0 Å². The first-order chi connectivity index (χ1) is 18.3. The molecule has 3 aromatic carbocycles. The standard InChI is InChI=1S/C25H25F2N3O7S2/c1-38(32,33)29-10-9-25(27,15-29)16-37-19-8-7-18-11-21(36-14-17-5-3-2-4-6-17)24(23(26)20(18)12-19)30-13-22(31)28-39(30,34)35/h2-8,11-12H,9-10,13-16H2,1H3,(H,28,31). The lowest BCUT2D eigenvalue weighted by Crippen LogP contribution is -2.36. The Morgan fingerprint density at radius 3 is 2.49 bits per heavy atom. The average molecular weight is 582 g/mol. The summed E-state index contributed by atoms with van der Waals surface area (Å²) in [5.74, 6) is -1.79. The van der Waals surface area contributed by atoms with E-state index < -0.39 is 56.5 Å². The van der Waals surface area contributed by atoms with Crippen LogP contribution in [0, 0.1) is 5.82 Å². The molecule has 0 saturated carbocycles. The van der Waals surface area contributed by atoms with Crippen molar-refractivity contribution in [2.45, 2.75) is 18.7 Å². The summed E-state index contributed by atoms with van der Waals surface area (Å²) in [5.41, 5.74) is -1.62. The van der Waals surface area contributed by atoms with Gasteiger partial charge in [0.1, 0.15) is 36.9 Å². The number of nitrogens with one attached hydrogen (secondary N) is 1. The summed E-state index contributed by atoms with van der Waals surface area (Å²) >= 11 is 0. The molecule has 1 N–H and O–H groups in total. The van der Waals surface area contributed by atoms with E-state index in [1.807, 2.05) is 10.8 Å². The van der Waals surface area contributed by atoms with Crippen LogP contribution in [0.2, 0.25) is 0 Å². The van der Waals surface area contributed by atoms with Crippen molar-refractivity contribution in [2.75, 3.05) is 36.8 Å². The van der Waals surface area contributed by atoms with Crippen LogP contribution in [0.4, 0.5) is 14.5 Å². The van der Waals surface area contributed by atoms with Crippen LogP contribution in [-0.2, 0) is 31.6 Å². The van der Waals surface area contributed by atoms with Gasteiger partial charge in [-0.25, -0.2) is 26.2 Å². The average Bonchev–Trinajstić information content (AvgIpc) is 3.41. The third-order valence-electron chi connectivity index (χ3n) is 6.53. The van der Waals surface area contributed by atoms with E-state index in [0.29, 0.717) is 9.69 Å². The second-order valence-electron chi connectivity index (χ2n) is 9.52. The van der Waals surface area contributed by atoms with E-state index in [4.69, 9.17) is 9.47 Å². The number of hydrogen-bond donors (Lipinski definition) is 1. The molecule has 39 heavy (non-hydrogen) atoms. The summed E-state index contributed by atoms with van der Waals surface area (Å²) in [4.78, 5) is 11.9. The van der Waals surface area contributed by atoms with E-state index in [1.54, 1.807) is 24.3 Å². The molecule has 0 aromatic heterocycles. The number of anilines is 1. The van der Waals surface area contributed by atoms with Crippen LogP contribution in [0.3, 0.4) is 0 Å². The number of carbonyl (C=O) groups is 1. The van der Waals surface area contributed by atoms with Crippen LogP contribution in [0.15, 0.2) is 54.6 Å². The highest BCUT2D eigenvalue weighted by molar-refractivity contribution is 7.92. The molecule has 0 aliphatic carbocycles. The first-order valence-corrected chi connectivity index (χ1v) is 15.2. The third-order valence-corrected chi connectivity index (χ3v) is 9.16. The van der Waals surface area contributed by atoms with Crippen LogP contribution in [0.25, 0.3) is 10.8 Å². The number of amides is 1. The molecule has 10 nitrogen and oxygen atoms in total. The van der Waals surface area contributed by atoms with Crippen molar-refractivity contribution in [3.05, 3.63) is 66.0 Å². The molecule has 208 valence electrons. The topological polar surface area (TPSA) is 122 Å². The fourth-order valence-corrected chi connectivity index (χ4v) is 6.57. The van der Waals surface area contributed by atoms with Gasteiger partial charge in [0.25, 0.3) is 5.91 Å². The number of ether oxygens (including phenoxy) is 2. The van der Waals surface area contributed by atoms with Crippen molar-refractivity contribution in [3.8, 4) is 11.5 Å². The minimum atomic E-state index is -4.36. The molecule has 2 fully saturated rings. The van der Waals surface area contributed by atoms with Crippen LogP contribution in [-0.4, -0.2) is 65.2 Å². The molecule has 2 aliphatic rings. The van der Waals surface area contributed by atoms with Gasteiger partial charge in [-0.3, -0.25) is 4.79 Å². The van der Waals surface area contributed by atoms with Crippen molar-refractivity contribution in [1.29, 1.82) is 0 Å². The largest absolute Gasteiger partial charge is 0.490 e. The molecule has 2 heterocycles. The number of fused-ring (bicyclic) bond motifs is 1. The van der Waals surface area contributed by atoms with E-state index >= 15 is 8.78 Å². The Morgan fingerprint density at radius 2 is 1.85 bits per heavy atom. The Labute approximate surface area is 224 Å². The summed E-state index contributed by atoms with van der Waals surface area (Å²) in [6.45, 7) is -1.41. The van der Waals surface area contributed by atoms with Crippen molar-refractivity contribution < 1.29 is 39.9 Å². The first kappa shape index (κ1) is 27.1. The SMILES string of the molecule is CS(=O)(=O)N1CCC(F)(COc2ccc3cc(OCc4ccccc4)c(N4CC(=O)NS4(=O)=O)c(F)c3c2)C1. The maximum atomic E-state index is 16.0. The third kappa shape index (κ3) is 5.63. The highest BCUT2D eigenvalue weighted by Crippen LogP contribution is 2.41. The maximum absolute atomic E-state index is 16.0. The Hall–Kier alpha value is -3.49. The zero-order valence-corrected chi connectivity index (χ0v) is 22.4. The van der Waals surface area contributed by atoms with Gasteiger partial charge >= 0.3 is 10.2 Å². The predicted octanol–water partition coefficient (Wildman–Crippen LogP) is 2.49. The van der Waals surface area contributed by atoms with Crippen LogP contribution in [0.1, 0.15) is 12.0 Å². The lowest BCUT2D eigenvalue weighted by Gasteiger charge is -2.22. The number of benzene rings is 3. The second-order valence-corrected chi connectivity index (χ2v) is 13.1. The molecular weight excluding hydrogens is 556 g/mol. The molecule has 3 aromatic rings. The molecule has 1 amide bonds. The molecule has 1 atom stereocenters. The Morgan fingerprint density at radius 1 is 1.10 bits per heavy atom. The van der Waals surface area contributed by atoms with Gasteiger partial charge in [-0.15, -0.1) is 0 Å². The van der Waals surface area contributed by atoms with Gasteiger partial charge in [0.05, 0.1) is 12.8 Å². The molecule has 14 heteroatoms. The predicted molar refractivity (Wildman–Crippen MR) is 139 cm³/mol. The van der Waals surface area contributed by atoms with Crippen molar-refractivity contribution in [1.82, 2.24) is 9.03 Å². The second kappa shape index (κ2) is 9.92. The zero-order valence-electron chi connectivity index (χ0n) is 20.8. The van der Waals surface area contributed by atoms with Crippen molar-refractivity contribution in [2.24, 2.45) is 0 Å². The fraction of sp³-hybridized carbons (Fsp3) is 0.320. The Bertz CT molecular complexity index is 1650. The van der Waals surface area contributed by atoms with Gasteiger partial charge in [0.15, 0.2) is 11.5 Å². The van der Waals surface area contributed by atoms with Gasteiger partial charge in [-0.2, -0.15) is 12.7 Å². The van der Waals surface area contributed by atoms with Gasteiger partial charge in [-0.05, 0) is 35.6 Å². The van der Waals surface area contributed by atoms with Crippen LogP contribution >= 0.6 is 0 Å². The molecule has 0 spiro atoms. The zero-order chi connectivity index (χ0) is 28.0. The first-order valence-electron chi connectivity index (χ1n) is 11.9. The highest BCUT2D eigenvalue weighted by Gasteiger charge is 2.43. The summed E-state index contributed by atoms with van der Waals surface area (Å²) in [6.07, 6.45) is 0.951. The molecular formula is C25H25F2N3O7S2. The van der Waals surface area contributed by atoms with Gasteiger partial charge < -0.3 is 9.47 Å². The van der Waals surface area contributed by atoms with E-state index in [-0.39, 0.29) is 43.0 Å². The minimum absolute atomic E-state index is 0.0122.